The average Bonchev–Trinajstić information content (AvgIpc) is 2.96. The Morgan fingerprint density at radius 1 is 0.909 bits per heavy atom. The fourth-order valence-electron chi connectivity index (χ4n) is 2.36. The molecule has 0 bridgehead atoms. The maximum atomic E-state index is 5.43. The van der Waals surface area contributed by atoms with Crippen LogP contribution < -0.4 is 14.2 Å². The quantitative estimate of drug-likeness (QED) is 0.802. The fourth-order valence-corrected chi connectivity index (χ4v) is 2.36. The molecule has 0 radical (unpaired) electrons. The normalized spacial score (nSPS) is 10.7. The van der Waals surface area contributed by atoms with Crippen molar-refractivity contribution in [1.82, 2.24) is 15.0 Å². The molecule has 2 aromatic heterocycles. The predicted octanol–water partition coefficient (Wildman–Crippen LogP) is 2.96. The van der Waals surface area contributed by atoms with Crippen molar-refractivity contribution in [2.24, 2.45) is 0 Å². The second-order valence-corrected chi connectivity index (χ2v) is 4.82. The van der Waals surface area contributed by atoms with Gasteiger partial charge in [0.15, 0.2) is 5.65 Å². The number of aromatic amines is 1. The lowest BCUT2D eigenvalue weighted by molar-refractivity contribution is 0.395. The standard InChI is InChI=1S/C16H17N3O3/c1-9-7-13(22-4)14-16(17-9)19-15(18-14)11-6-5-10(20-2)8-12(11)21-3/h5-8H,1-4H3,(H,17,18,19). The highest BCUT2D eigenvalue weighted by Crippen LogP contribution is 2.34. The van der Waals surface area contributed by atoms with Crippen LogP contribution in [-0.4, -0.2) is 36.3 Å². The van der Waals surface area contributed by atoms with Gasteiger partial charge in [0.2, 0.25) is 0 Å². The van der Waals surface area contributed by atoms with E-state index in [4.69, 9.17) is 14.2 Å². The molecule has 0 saturated heterocycles. The zero-order valence-corrected chi connectivity index (χ0v) is 12.9. The molecule has 6 heteroatoms. The highest BCUT2D eigenvalue weighted by Gasteiger charge is 2.15. The Bertz CT molecular complexity index is 827. The molecule has 1 aromatic carbocycles. The highest BCUT2D eigenvalue weighted by molar-refractivity contribution is 5.83. The lowest BCUT2D eigenvalue weighted by Gasteiger charge is -2.08. The Labute approximate surface area is 128 Å². The summed E-state index contributed by atoms with van der Waals surface area (Å²) in [5.41, 5.74) is 3.07. The third-order valence-electron chi connectivity index (χ3n) is 3.44. The number of fused-ring (bicyclic) bond motifs is 1. The summed E-state index contributed by atoms with van der Waals surface area (Å²) in [6.45, 7) is 1.91. The number of hydrogen-bond donors (Lipinski definition) is 1. The van der Waals surface area contributed by atoms with E-state index >= 15 is 0 Å². The van der Waals surface area contributed by atoms with Gasteiger partial charge in [-0.05, 0) is 19.1 Å². The Balaban J connectivity index is 2.18. The van der Waals surface area contributed by atoms with Gasteiger partial charge in [0.1, 0.15) is 28.6 Å². The Kier molecular flexibility index (Phi) is 3.58. The molecule has 0 atom stereocenters. The van der Waals surface area contributed by atoms with E-state index in [0.717, 1.165) is 22.5 Å². The van der Waals surface area contributed by atoms with Gasteiger partial charge in [0, 0.05) is 17.8 Å². The van der Waals surface area contributed by atoms with E-state index in [2.05, 4.69) is 15.0 Å². The van der Waals surface area contributed by atoms with E-state index in [1.54, 1.807) is 21.3 Å². The zero-order valence-electron chi connectivity index (χ0n) is 12.9. The fraction of sp³-hybridized carbons (Fsp3) is 0.250. The lowest BCUT2D eigenvalue weighted by Crippen LogP contribution is -1.91. The van der Waals surface area contributed by atoms with Crippen molar-refractivity contribution in [3.05, 3.63) is 30.0 Å². The molecule has 0 saturated carbocycles. The number of nitrogens with zero attached hydrogens (tertiary/aromatic N) is 2. The predicted molar refractivity (Wildman–Crippen MR) is 83.7 cm³/mol. The van der Waals surface area contributed by atoms with Crippen molar-refractivity contribution in [3.63, 3.8) is 0 Å². The summed E-state index contributed by atoms with van der Waals surface area (Å²) in [5.74, 6) is 2.79. The number of nitrogens with one attached hydrogen (secondary N) is 1. The van der Waals surface area contributed by atoms with Gasteiger partial charge in [-0.3, -0.25) is 0 Å². The summed E-state index contributed by atoms with van der Waals surface area (Å²) in [4.78, 5) is 12.2. The van der Waals surface area contributed by atoms with E-state index in [1.807, 2.05) is 31.2 Å². The molecule has 6 nitrogen and oxygen atoms in total. The van der Waals surface area contributed by atoms with Gasteiger partial charge in [-0.1, -0.05) is 0 Å². The number of H-pyrrole nitrogens is 1. The molecule has 1 N–H and O–H groups in total. The molecular formula is C16H17N3O3. The van der Waals surface area contributed by atoms with Crippen LogP contribution >= 0.6 is 0 Å². The SMILES string of the molecule is COc1ccc(-c2nc3nc(C)cc(OC)c3[nH]2)c(OC)c1. The van der Waals surface area contributed by atoms with Crippen molar-refractivity contribution in [3.8, 4) is 28.6 Å². The molecule has 0 unspecified atom stereocenters. The van der Waals surface area contributed by atoms with Crippen molar-refractivity contribution < 1.29 is 14.2 Å². The summed E-state index contributed by atoms with van der Waals surface area (Å²) in [6.07, 6.45) is 0. The van der Waals surface area contributed by atoms with Gasteiger partial charge in [-0.15, -0.1) is 0 Å². The smallest absolute Gasteiger partial charge is 0.182 e. The molecule has 0 fully saturated rings. The maximum absolute atomic E-state index is 5.43. The van der Waals surface area contributed by atoms with E-state index in [1.165, 1.54) is 0 Å². The lowest BCUT2D eigenvalue weighted by atomic mass is 10.2. The maximum Gasteiger partial charge on any atom is 0.182 e. The number of pyridine rings is 1. The second kappa shape index (κ2) is 5.55. The Morgan fingerprint density at radius 3 is 2.36 bits per heavy atom. The first-order valence-corrected chi connectivity index (χ1v) is 6.80. The van der Waals surface area contributed by atoms with Gasteiger partial charge in [-0.2, -0.15) is 0 Å². The summed E-state index contributed by atoms with van der Waals surface area (Å²) in [5, 5.41) is 0. The van der Waals surface area contributed by atoms with Gasteiger partial charge < -0.3 is 19.2 Å². The number of methoxy groups -OCH3 is 3. The van der Waals surface area contributed by atoms with Crippen molar-refractivity contribution in [2.75, 3.05) is 21.3 Å². The minimum atomic E-state index is 0.615. The molecule has 3 aromatic rings. The summed E-state index contributed by atoms with van der Waals surface area (Å²) in [6, 6.07) is 7.45. The van der Waals surface area contributed by atoms with Crippen LogP contribution in [0.5, 0.6) is 17.2 Å². The number of imidazole rings is 1. The molecular weight excluding hydrogens is 282 g/mol. The number of benzene rings is 1. The highest BCUT2D eigenvalue weighted by atomic mass is 16.5. The van der Waals surface area contributed by atoms with E-state index < -0.39 is 0 Å². The topological polar surface area (TPSA) is 69.3 Å². The first kappa shape index (κ1) is 14.2. The van der Waals surface area contributed by atoms with E-state index in [9.17, 15) is 0 Å². The number of rotatable bonds is 4. The van der Waals surface area contributed by atoms with Crippen LogP contribution in [0.25, 0.3) is 22.6 Å². The molecule has 114 valence electrons. The van der Waals surface area contributed by atoms with Crippen LogP contribution in [0, 0.1) is 6.92 Å². The number of ether oxygens (including phenoxy) is 3. The minimum absolute atomic E-state index is 0.615. The van der Waals surface area contributed by atoms with Crippen LogP contribution in [0.2, 0.25) is 0 Å². The minimum Gasteiger partial charge on any atom is -0.497 e. The monoisotopic (exact) mass is 299 g/mol. The van der Waals surface area contributed by atoms with Crippen LogP contribution in [-0.2, 0) is 0 Å². The van der Waals surface area contributed by atoms with Crippen LogP contribution in [0.15, 0.2) is 24.3 Å². The summed E-state index contributed by atoms with van der Waals surface area (Å²) >= 11 is 0. The van der Waals surface area contributed by atoms with Gasteiger partial charge >= 0.3 is 0 Å². The summed E-state index contributed by atoms with van der Waals surface area (Å²) < 4.78 is 16.0. The molecule has 3 rings (SSSR count). The van der Waals surface area contributed by atoms with Crippen LogP contribution in [0.1, 0.15) is 5.69 Å². The molecule has 0 spiro atoms. The first-order chi connectivity index (χ1) is 10.7. The third kappa shape index (κ3) is 2.32. The summed E-state index contributed by atoms with van der Waals surface area (Å²) in [7, 11) is 4.86. The molecule has 2 heterocycles. The van der Waals surface area contributed by atoms with Gasteiger partial charge in [0.05, 0.1) is 26.9 Å². The molecule has 0 aliphatic rings. The third-order valence-corrected chi connectivity index (χ3v) is 3.44. The largest absolute Gasteiger partial charge is 0.497 e. The molecule has 0 aliphatic heterocycles. The van der Waals surface area contributed by atoms with Crippen LogP contribution in [0.3, 0.4) is 0 Å². The number of aromatic nitrogens is 3. The van der Waals surface area contributed by atoms with Gasteiger partial charge in [0.25, 0.3) is 0 Å². The molecule has 22 heavy (non-hydrogen) atoms. The van der Waals surface area contributed by atoms with E-state index in [0.29, 0.717) is 23.0 Å². The Hall–Kier alpha value is -2.76. The zero-order chi connectivity index (χ0) is 15.7. The molecule has 0 aliphatic carbocycles. The molecule has 0 amide bonds. The van der Waals surface area contributed by atoms with Crippen molar-refractivity contribution in [1.29, 1.82) is 0 Å². The van der Waals surface area contributed by atoms with Crippen molar-refractivity contribution >= 4 is 11.2 Å². The first-order valence-electron chi connectivity index (χ1n) is 6.80. The number of aryl methyl sites for hydroxylation is 1. The Morgan fingerprint density at radius 2 is 1.68 bits per heavy atom. The van der Waals surface area contributed by atoms with Gasteiger partial charge in [-0.25, -0.2) is 9.97 Å². The van der Waals surface area contributed by atoms with Crippen LogP contribution in [0.4, 0.5) is 0 Å². The van der Waals surface area contributed by atoms with E-state index in [-0.39, 0.29) is 0 Å². The van der Waals surface area contributed by atoms with Crippen molar-refractivity contribution in [2.45, 2.75) is 6.92 Å². The average molecular weight is 299 g/mol. The number of hydrogen-bond acceptors (Lipinski definition) is 5. The second-order valence-electron chi connectivity index (χ2n) is 4.82.